The summed E-state index contributed by atoms with van der Waals surface area (Å²) in [6.45, 7) is 4.66. The summed E-state index contributed by atoms with van der Waals surface area (Å²) in [5, 5.41) is 14.1. The largest absolute Gasteiger partial charge is 0.389 e. The number of aryl methyl sites for hydroxylation is 1. The molecule has 1 saturated heterocycles. The van der Waals surface area contributed by atoms with Crippen LogP contribution in [-0.2, 0) is 4.74 Å². The highest BCUT2D eigenvalue weighted by atomic mass is 19.1. The molecule has 0 amide bonds. The first kappa shape index (κ1) is 23.4. The maximum absolute atomic E-state index is 13.2. The number of benzene rings is 3. The zero-order valence-corrected chi connectivity index (χ0v) is 19.2. The molecule has 33 heavy (non-hydrogen) atoms. The Balaban J connectivity index is 1.25. The van der Waals surface area contributed by atoms with Gasteiger partial charge in [0.1, 0.15) is 11.9 Å². The highest BCUT2D eigenvalue weighted by molar-refractivity contribution is 5.46. The predicted molar refractivity (Wildman–Crippen MR) is 131 cm³/mol. The Morgan fingerprint density at radius 2 is 1.58 bits per heavy atom. The fourth-order valence-electron chi connectivity index (χ4n) is 4.32. The first-order valence-corrected chi connectivity index (χ1v) is 11.7. The van der Waals surface area contributed by atoms with Crippen LogP contribution in [0.4, 0.5) is 10.1 Å². The quantitative estimate of drug-likeness (QED) is 0.491. The molecule has 1 fully saturated rings. The second-order valence-corrected chi connectivity index (χ2v) is 8.83. The van der Waals surface area contributed by atoms with Gasteiger partial charge < -0.3 is 20.1 Å². The number of rotatable bonds is 9. The van der Waals surface area contributed by atoms with Crippen LogP contribution in [0.5, 0.6) is 0 Å². The van der Waals surface area contributed by atoms with Crippen LogP contribution in [0.1, 0.15) is 35.6 Å². The molecular weight excluding hydrogens is 415 g/mol. The number of halogens is 1. The topological polar surface area (TPSA) is 44.7 Å². The third-order valence-electron chi connectivity index (χ3n) is 6.27. The molecule has 4 nitrogen and oxygen atoms in total. The number of piperidine rings is 1. The summed E-state index contributed by atoms with van der Waals surface area (Å²) in [6.07, 6.45) is 1.18. The maximum atomic E-state index is 13.2. The van der Waals surface area contributed by atoms with Crippen LogP contribution < -0.4 is 10.2 Å². The van der Waals surface area contributed by atoms with Gasteiger partial charge in [-0.3, -0.25) is 0 Å². The first-order chi connectivity index (χ1) is 16.1. The van der Waals surface area contributed by atoms with Crippen molar-refractivity contribution in [2.24, 2.45) is 0 Å². The standard InChI is InChI=1S/C28H33FN2O2/c1-21-7-9-23(10-8-21)28(22-5-3-2-4-6-22)33-20-27(32)19-30-25-15-17-31(18-16-25)26-13-11-24(29)12-14-26/h2-14,25,27-28,30,32H,15-20H2,1H3. The number of aliphatic hydroxyl groups excluding tert-OH is 1. The van der Waals surface area contributed by atoms with E-state index in [0.717, 1.165) is 42.7 Å². The molecule has 1 aliphatic rings. The lowest BCUT2D eigenvalue weighted by Gasteiger charge is -2.34. The molecule has 3 aromatic rings. The lowest BCUT2D eigenvalue weighted by molar-refractivity contribution is 0.00536. The van der Waals surface area contributed by atoms with Gasteiger partial charge in [0.15, 0.2) is 0 Å². The summed E-state index contributed by atoms with van der Waals surface area (Å²) in [6, 6.07) is 25.5. The van der Waals surface area contributed by atoms with Gasteiger partial charge in [-0.2, -0.15) is 0 Å². The Morgan fingerprint density at radius 3 is 2.24 bits per heavy atom. The fraction of sp³-hybridized carbons (Fsp3) is 0.357. The molecule has 1 aliphatic heterocycles. The van der Waals surface area contributed by atoms with Crippen molar-refractivity contribution in [2.45, 2.75) is 38.0 Å². The Morgan fingerprint density at radius 1 is 0.939 bits per heavy atom. The Hall–Kier alpha value is -2.73. The monoisotopic (exact) mass is 448 g/mol. The lowest BCUT2D eigenvalue weighted by Crippen LogP contribution is -2.45. The minimum absolute atomic E-state index is 0.205. The molecule has 174 valence electrons. The van der Waals surface area contributed by atoms with Gasteiger partial charge >= 0.3 is 0 Å². The SMILES string of the molecule is Cc1ccc(C(OCC(O)CNC2CCN(c3ccc(F)cc3)CC2)c2ccccc2)cc1. The molecule has 2 N–H and O–H groups in total. The lowest BCUT2D eigenvalue weighted by atomic mass is 10.0. The molecule has 0 radical (unpaired) electrons. The molecule has 0 saturated carbocycles. The molecule has 4 rings (SSSR count). The molecule has 0 spiro atoms. The first-order valence-electron chi connectivity index (χ1n) is 11.7. The van der Waals surface area contributed by atoms with Crippen LogP contribution in [0.15, 0.2) is 78.9 Å². The summed E-state index contributed by atoms with van der Waals surface area (Å²) in [4.78, 5) is 2.28. The van der Waals surface area contributed by atoms with E-state index >= 15 is 0 Å². The summed E-state index contributed by atoms with van der Waals surface area (Å²) in [7, 11) is 0. The van der Waals surface area contributed by atoms with Crippen LogP contribution in [0, 0.1) is 12.7 Å². The minimum atomic E-state index is -0.586. The zero-order valence-electron chi connectivity index (χ0n) is 19.2. The molecule has 0 bridgehead atoms. The van der Waals surface area contributed by atoms with E-state index in [1.807, 2.05) is 30.3 Å². The normalized spacial score (nSPS) is 16.5. The number of aliphatic hydroxyl groups is 1. The van der Waals surface area contributed by atoms with Crippen LogP contribution >= 0.6 is 0 Å². The average molecular weight is 449 g/mol. The van der Waals surface area contributed by atoms with Crippen molar-refractivity contribution in [3.8, 4) is 0 Å². The van der Waals surface area contributed by atoms with Gasteiger partial charge in [-0.25, -0.2) is 4.39 Å². The van der Waals surface area contributed by atoms with E-state index in [1.54, 1.807) is 0 Å². The van der Waals surface area contributed by atoms with Crippen LogP contribution in [0.2, 0.25) is 0 Å². The number of hydrogen-bond donors (Lipinski definition) is 2. The van der Waals surface area contributed by atoms with Gasteiger partial charge in [-0.15, -0.1) is 0 Å². The fourth-order valence-corrected chi connectivity index (χ4v) is 4.32. The summed E-state index contributed by atoms with van der Waals surface area (Å²) < 4.78 is 19.4. The highest BCUT2D eigenvalue weighted by Crippen LogP contribution is 2.26. The number of nitrogens with one attached hydrogen (secondary N) is 1. The zero-order chi connectivity index (χ0) is 23.0. The van der Waals surface area contributed by atoms with E-state index in [0.29, 0.717) is 12.6 Å². The molecule has 0 aromatic heterocycles. The third kappa shape index (κ3) is 6.64. The Bertz CT molecular complexity index is 971. The second kappa shape index (κ2) is 11.4. The molecule has 2 unspecified atom stereocenters. The number of hydrogen-bond acceptors (Lipinski definition) is 4. The summed E-state index contributed by atoms with van der Waals surface area (Å²) in [5.41, 5.74) is 4.43. The van der Waals surface area contributed by atoms with Crippen molar-refractivity contribution in [1.29, 1.82) is 0 Å². The van der Waals surface area contributed by atoms with Crippen molar-refractivity contribution in [2.75, 3.05) is 31.1 Å². The maximum Gasteiger partial charge on any atom is 0.123 e. The third-order valence-corrected chi connectivity index (χ3v) is 6.27. The summed E-state index contributed by atoms with van der Waals surface area (Å²) >= 11 is 0. The highest BCUT2D eigenvalue weighted by Gasteiger charge is 2.21. The van der Waals surface area contributed by atoms with Crippen LogP contribution in [0.3, 0.4) is 0 Å². The van der Waals surface area contributed by atoms with Crippen molar-refractivity contribution in [3.05, 3.63) is 101 Å². The van der Waals surface area contributed by atoms with E-state index in [4.69, 9.17) is 4.74 Å². The van der Waals surface area contributed by atoms with E-state index in [2.05, 4.69) is 53.5 Å². The summed E-state index contributed by atoms with van der Waals surface area (Å²) in [5.74, 6) is -0.205. The molecule has 2 atom stereocenters. The van der Waals surface area contributed by atoms with Gasteiger partial charge in [0.25, 0.3) is 0 Å². The predicted octanol–water partition coefficient (Wildman–Crippen LogP) is 4.86. The van der Waals surface area contributed by atoms with Crippen molar-refractivity contribution in [1.82, 2.24) is 5.32 Å². The van der Waals surface area contributed by atoms with Gasteiger partial charge in [0, 0.05) is 31.4 Å². The van der Waals surface area contributed by atoms with Gasteiger partial charge in [-0.1, -0.05) is 60.2 Å². The molecule has 0 aliphatic carbocycles. The van der Waals surface area contributed by atoms with E-state index in [9.17, 15) is 9.50 Å². The van der Waals surface area contributed by atoms with Gasteiger partial charge in [-0.05, 0) is 55.2 Å². The van der Waals surface area contributed by atoms with Crippen molar-refractivity contribution < 1.29 is 14.2 Å². The number of ether oxygens (including phenoxy) is 1. The van der Waals surface area contributed by atoms with Crippen LogP contribution in [0.25, 0.3) is 0 Å². The van der Waals surface area contributed by atoms with E-state index < -0.39 is 6.10 Å². The van der Waals surface area contributed by atoms with Crippen molar-refractivity contribution >= 4 is 5.69 Å². The number of anilines is 1. The molecular formula is C28H33FN2O2. The molecule has 1 heterocycles. The minimum Gasteiger partial charge on any atom is -0.389 e. The van der Waals surface area contributed by atoms with Gasteiger partial charge in [0.05, 0.1) is 12.7 Å². The van der Waals surface area contributed by atoms with Crippen LogP contribution in [-0.4, -0.2) is 43.5 Å². The Kier molecular flexibility index (Phi) is 8.10. The van der Waals surface area contributed by atoms with Gasteiger partial charge in [0.2, 0.25) is 0 Å². The van der Waals surface area contributed by atoms with E-state index in [-0.39, 0.29) is 18.5 Å². The molecule has 3 aromatic carbocycles. The smallest absolute Gasteiger partial charge is 0.123 e. The van der Waals surface area contributed by atoms with E-state index in [1.165, 1.54) is 17.7 Å². The second-order valence-electron chi connectivity index (χ2n) is 8.83. The number of nitrogens with zero attached hydrogens (tertiary/aromatic N) is 1. The average Bonchev–Trinajstić information content (AvgIpc) is 2.85. The van der Waals surface area contributed by atoms with Crippen molar-refractivity contribution in [3.63, 3.8) is 0 Å². The molecule has 5 heteroatoms. The Labute approximate surface area is 196 Å².